The van der Waals surface area contributed by atoms with Gasteiger partial charge in [-0.3, -0.25) is 4.79 Å². The van der Waals surface area contributed by atoms with Crippen LogP contribution in [-0.2, 0) is 4.79 Å². The molecule has 1 amide bonds. The summed E-state index contributed by atoms with van der Waals surface area (Å²) in [6, 6.07) is 7.74. The molecular formula is C17H27NO3. The van der Waals surface area contributed by atoms with Crippen LogP contribution in [0.5, 0.6) is 5.75 Å². The maximum absolute atomic E-state index is 11.9. The third kappa shape index (κ3) is 5.76. The third-order valence-electron chi connectivity index (χ3n) is 3.67. The van der Waals surface area contributed by atoms with Crippen molar-refractivity contribution >= 4 is 5.91 Å². The number of amides is 1. The van der Waals surface area contributed by atoms with E-state index in [9.17, 15) is 9.90 Å². The number of methoxy groups -OCH3 is 1. The van der Waals surface area contributed by atoms with E-state index in [1.54, 1.807) is 7.11 Å². The van der Waals surface area contributed by atoms with Gasteiger partial charge in [-0.2, -0.15) is 0 Å². The van der Waals surface area contributed by atoms with Gasteiger partial charge in [0.15, 0.2) is 0 Å². The van der Waals surface area contributed by atoms with E-state index in [0.29, 0.717) is 6.42 Å². The zero-order valence-electron chi connectivity index (χ0n) is 13.6. The Kier molecular flexibility index (Phi) is 6.21. The molecule has 0 spiro atoms. The van der Waals surface area contributed by atoms with E-state index in [-0.39, 0.29) is 23.8 Å². The molecule has 2 unspecified atom stereocenters. The van der Waals surface area contributed by atoms with Gasteiger partial charge < -0.3 is 15.2 Å². The topological polar surface area (TPSA) is 58.6 Å². The van der Waals surface area contributed by atoms with Gasteiger partial charge in [0.25, 0.3) is 0 Å². The minimum absolute atomic E-state index is 0.0402. The van der Waals surface area contributed by atoms with Crippen LogP contribution in [0.3, 0.4) is 0 Å². The summed E-state index contributed by atoms with van der Waals surface area (Å²) < 4.78 is 5.12. The van der Waals surface area contributed by atoms with E-state index in [2.05, 4.69) is 5.32 Å². The van der Waals surface area contributed by atoms with E-state index in [0.717, 1.165) is 11.3 Å². The van der Waals surface area contributed by atoms with Gasteiger partial charge in [-0.1, -0.05) is 39.8 Å². The number of benzene rings is 1. The Morgan fingerprint density at radius 3 is 2.33 bits per heavy atom. The second-order valence-corrected chi connectivity index (χ2v) is 6.56. The molecule has 4 heteroatoms. The molecule has 0 bridgehead atoms. The number of carbonyl (C=O) groups is 1. The largest absolute Gasteiger partial charge is 0.497 e. The van der Waals surface area contributed by atoms with E-state index in [1.807, 2.05) is 52.0 Å². The minimum atomic E-state index is -0.544. The van der Waals surface area contributed by atoms with Crippen molar-refractivity contribution < 1.29 is 14.6 Å². The zero-order chi connectivity index (χ0) is 16.0. The van der Waals surface area contributed by atoms with Crippen LogP contribution in [0.25, 0.3) is 0 Å². The van der Waals surface area contributed by atoms with Crippen LogP contribution in [0, 0.1) is 5.41 Å². The van der Waals surface area contributed by atoms with Crippen LogP contribution < -0.4 is 10.1 Å². The van der Waals surface area contributed by atoms with Crippen molar-refractivity contribution in [2.75, 3.05) is 13.7 Å². The standard InChI is InChI=1S/C17H27NO3/c1-12(13-6-8-14(21-5)9-7-13)10-16(20)18-11-15(19)17(2,3)4/h6-9,12,15,19H,10-11H2,1-5H3,(H,18,20). The normalized spacial score (nSPS) is 14.4. The number of hydrogen-bond donors (Lipinski definition) is 2. The van der Waals surface area contributed by atoms with Gasteiger partial charge in [0.1, 0.15) is 5.75 Å². The number of hydrogen-bond acceptors (Lipinski definition) is 3. The molecule has 1 aromatic carbocycles. The first kappa shape index (κ1) is 17.5. The first-order valence-corrected chi connectivity index (χ1v) is 7.32. The van der Waals surface area contributed by atoms with Crippen molar-refractivity contribution in [1.29, 1.82) is 0 Å². The molecule has 0 fully saturated rings. The van der Waals surface area contributed by atoms with Gasteiger partial charge in [0, 0.05) is 13.0 Å². The third-order valence-corrected chi connectivity index (χ3v) is 3.67. The zero-order valence-corrected chi connectivity index (χ0v) is 13.6. The second-order valence-electron chi connectivity index (χ2n) is 6.56. The Labute approximate surface area is 127 Å². The summed E-state index contributed by atoms with van der Waals surface area (Å²) in [7, 11) is 1.63. The van der Waals surface area contributed by atoms with Gasteiger partial charge in [0.2, 0.25) is 5.91 Å². The first-order chi connectivity index (χ1) is 9.74. The summed E-state index contributed by atoms with van der Waals surface area (Å²) in [5, 5.41) is 12.7. The van der Waals surface area contributed by atoms with Crippen molar-refractivity contribution in [3.8, 4) is 5.75 Å². The Hall–Kier alpha value is -1.55. The average Bonchev–Trinajstić information content (AvgIpc) is 2.43. The number of rotatable bonds is 6. The molecule has 0 heterocycles. The molecule has 1 rings (SSSR count). The first-order valence-electron chi connectivity index (χ1n) is 7.32. The van der Waals surface area contributed by atoms with Crippen molar-refractivity contribution in [2.45, 2.75) is 46.1 Å². The summed E-state index contributed by atoms with van der Waals surface area (Å²) in [4.78, 5) is 11.9. The maximum Gasteiger partial charge on any atom is 0.220 e. The maximum atomic E-state index is 11.9. The lowest BCUT2D eigenvalue weighted by atomic mass is 9.89. The molecule has 1 aromatic rings. The fourth-order valence-electron chi connectivity index (χ4n) is 1.92. The summed E-state index contributed by atoms with van der Waals surface area (Å²) in [5.74, 6) is 0.896. The number of carbonyl (C=O) groups excluding carboxylic acids is 1. The van der Waals surface area contributed by atoms with Gasteiger partial charge in [-0.15, -0.1) is 0 Å². The summed E-state index contributed by atoms with van der Waals surface area (Å²) in [5.41, 5.74) is 0.872. The molecule has 0 aromatic heterocycles. The molecule has 0 aliphatic heterocycles. The molecule has 118 valence electrons. The Balaban J connectivity index is 2.46. The van der Waals surface area contributed by atoms with Crippen LogP contribution in [0.4, 0.5) is 0 Å². The SMILES string of the molecule is COc1ccc(C(C)CC(=O)NCC(O)C(C)(C)C)cc1. The van der Waals surface area contributed by atoms with Crippen molar-refractivity contribution in [1.82, 2.24) is 5.32 Å². The number of aliphatic hydroxyl groups excluding tert-OH is 1. The molecule has 0 aliphatic rings. The fourth-order valence-corrected chi connectivity index (χ4v) is 1.92. The minimum Gasteiger partial charge on any atom is -0.497 e. The van der Waals surface area contributed by atoms with Gasteiger partial charge in [0.05, 0.1) is 13.2 Å². The monoisotopic (exact) mass is 293 g/mol. The highest BCUT2D eigenvalue weighted by Gasteiger charge is 2.22. The van der Waals surface area contributed by atoms with Crippen LogP contribution in [0.15, 0.2) is 24.3 Å². The molecular weight excluding hydrogens is 266 g/mol. The highest BCUT2D eigenvalue weighted by Crippen LogP contribution is 2.22. The lowest BCUT2D eigenvalue weighted by Gasteiger charge is -2.26. The van der Waals surface area contributed by atoms with Gasteiger partial charge in [-0.25, -0.2) is 0 Å². The van der Waals surface area contributed by atoms with E-state index in [4.69, 9.17) is 4.74 Å². The Morgan fingerprint density at radius 2 is 1.86 bits per heavy atom. The number of ether oxygens (including phenoxy) is 1. The van der Waals surface area contributed by atoms with Gasteiger partial charge in [-0.05, 0) is 29.0 Å². The molecule has 0 aliphatic carbocycles. The van der Waals surface area contributed by atoms with Crippen LogP contribution in [0.1, 0.15) is 45.6 Å². The molecule has 21 heavy (non-hydrogen) atoms. The molecule has 2 atom stereocenters. The number of nitrogens with one attached hydrogen (secondary N) is 1. The van der Waals surface area contributed by atoms with Crippen LogP contribution in [0.2, 0.25) is 0 Å². The molecule has 0 saturated heterocycles. The Bertz CT molecular complexity index is 448. The highest BCUT2D eigenvalue weighted by atomic mass is 16.5. The average molecular weight is 293 g/mol. The summed E-state index contributed by atoms with van der Waals surface area (Å²) in [6.45, 7) is 8.15. The molecule has 2 N–H and O–H groups in total. The predicted octanol–water partition coefficient (Wildman–Crippen LogP) is 2.71. The van der Waals surface area contributed by atoms with Gasteiger partial charge >= 0.3 is 0 Å². The van der Waals surface area contributed by atoms with E-state index in [1.165, 1.54) is 0 Å². The lowest BCUT2D eigenvalue weighted by Crippen LogP contribution is -2.39. The van der Waals surface area contributed by atoms with E-state index >= 15 is 0 Å². The Morgan fingerprint density at radius 1 is 1.29 bits per heavy atom. The molecule has 4 nitrogen and oxygen atoms in total. The highest BCUT2D eigenvalue weighted by molar-refractivity contribution is 5.76. The van der Waals surface area contributed by atoms with Crippen LogP contribution >= 0.6 is 0 Å². The van der Waals surface area contributed by atoms with Crippen molar-refractivity contribution in [3.63, 3.8) is 0 Å². The predicted molar refractivity (Wildman–Crippen MR) is 84.5 cm³/mol. The fraction of sp³-hybridized carbons (Fsp3) is 0.588. The number of aliphatic hydroxyl groups is 1. The van der Waals surface area contributed by atoms with Crippen LogP contribution in [-0.4, -0.2) is 30.8 Å². The lowest BCUT2D eigenvalue weighted by molar-refractivity contribution is -0.122. The smallest absolute Gasteiger partial charge is 0.220 e. The summed E-state index contributed by atoms with van der Waals surface area (Å²) >= 11 is 0. The molecule has 0 saturated carbocycles. The van der Waals surface area contributed by atoms with Crippen molar-refractivity contribution in [2.24, 2.45) is 5.41 Å². The van der Waals surface area contributed by atoms with E-state index < -0.39 is 6.10 Å². The summed E-state index contributed by atoms with van der Waals surface area (Å²) in [6.07, 6.45) is -0.138. The second kappa shape index (κ2) is 7.46. The van der Waals surface area contributed by atoms with Crippen molar-refractivity contribution in [3.05, 3.63) is 29.8 Å². The molecule has 0 radical (unpaired) electrons. The quantitative estimate of drug-likeness (QED) is 0.848.